The van der Waals surface area contributed by atoms with Gasteiger partial charge in [0.15, 0.2) is 5.16 Å². The van der Waals surface area contributed by atoms with Crippen molar-refractivity contribution < 1.29 is 4.79 Å². The highest BCUT2D eigenvalue weighted by atomic mass is 32.2. The monoisotopic (exact) mass is 387 g/mol. The van der Waals surface area contributed by atoms with Gasteiger partial charge in [-0.25, -0.2) is 4.98 Å². The van der Waals surface area contributed by atoms with E-state index in [1.165, 1.54) is 17.3 Å². The lowest BCUT2D eigenvalue weighted by Gasteiger charge is -2.12. The van der Waals surface area contributed by atoms with Gasteiger partial charge in [0, 0.05) is 43.4 Å². The molecule has 1 N–H and O–H groups in total. The Morgan fingerprint density at radius 3 is 2.78 bits per heavy atom. The van der Waals surface area contributed by atoms with Crippen molar-refractivity contribution >= 4 is 17.7 Å². The van der Waals surface area contributed by atoms with Crippen molar-refractivity contribution in [2.24, 2.45) is 7.05 Å². The summed E-state index contributed by atoms with van der Waals surface area (Å²) in [5.41, 5.74) is 3.84. The number of benzene rings is 1. The lowest BCUT2D eigenvalue weighted by atomic mass is 10.0. The van der Waals surface area contributed by atoms with Crippen LogP contribution in [0.2, 0.25) is 0 Å². The SMILES string of the molecule is CCCNC(=O)CCCSc1nc(C)c(Cc2cccc(C)c2)c(=O)n1C. The predicted octanol–water partition coefficient (Wildman–Crippen LogP) is 3.39. The van der Waals surface area contributed by atoms with Crippen molar-refractivity contribution in [3.63, 3.8) is 0 Å². The van der Waals surface area contributed by atoms with E-state index in [1.807, 2.05) is 26.0 Å². The van der Waals surface area contributed by atoms with Gasteiger partial charge >= 0.3 is 0 Å². The van der Waals surface area contributed by atoms with Gasteiger partial charge in [0.25, 0.3) is 5.56 Å². The molecule has 2 aromatic rings. The Kier molecular flexibility index (Phi) is 8.10. The summed E-state index contributed by atoms with van der Waals surface area (Å²) in [7, 11) is 1.77. The topological polar surface area (TPSA) is 64.0 Å². The molecule has 1 aromatic heterocycles. The fourth-order valence-electron chi connectivity index (χ4n) is 2.84. The van der Waals surface area contributed by atoms with Crippen molar-refractivity contribution in [1.29, 1.82) is 0 Å². The number of hydrogen-bond acceptors (Lipinski definition) is 4. The lowest BCUT2D eigenvalue weighted by Crippen LogP contribution is -2.26. The van der Waals surface area contributed by atoms with Gasteiger partial charge in [0.05, 0.1) is 0 Å². The Morgan fingerprint density at radius 1 is 1.30 bits per heavy atom. The lowest BCUT2D eigenvalue weighted by molar-refractivity contribution is -0.121. The zero-order chi connectivity index (χ0) is 19.8. The standard InChI is InChI=1S/C21H29N3O2S/c1-5-11-22-19(25)10-7-12-27-21-23-16(3)18(20(26)24(21)4)14-17-9-6-8-15(2)13-17/h6,8-9,13H,5,7,10-12,14H2,1-4H3,(H,22,25). The Hall–Kier alpha value is -2.08. The van der Waals surface area contributed by atoms with Crippen molar-refractivity contribution in [2.45, 2.75) is 51.6 Å². The van der Waals surface area contributed by atoms with E-state index in [2.05, 4.69) is 29.4 Å². The summed E-state index contributed by atoms with van der Waals surface area (Å²) in [6.07, 6.45) is 2.81. The summed E-state index contributed by atoms with van der Waals surface area (Å²) in [6.45, 7) is 6.71. The van der Waals surface area contributed by atoms with Crippen molar-refractivity contribution in [1.82, 2.24) is 14.9 Å². The fraction of sp³-hybridized carbons (Fsp3) is 0.476. The van der Waals surface area contributed by atoms with E-state index in [9.17, 15) is 9.59 Å². The van der Waals surface area contributed by atoms with E-state index in [0.29, 0.717) is 18.0 Å². The molecule has 1 heterocycles. The first-order chi connectivity index (χ1) is 12.9. The molecule has 0 bridgehead atoms. The van der Waals surface area contributed by atoms with E-state index in [-0.39, 0.29) is 11.5 Å². The van der Waals surface area contributed by atoms with Gasteiger partial charge in [0.1, 0.15) is 0 Å². The highest BCUT2D eigenvalue weighted by Gasteiger charge is 2.13. The second-order valence-electron chi connectivity index (χ2n) is 6.79. The molecule has 146 valence electrons. The van der Waals surface area contributed by atoms with Crippen LogP contribution < -0.4 is 10.9 Å². The number of aromatic nitrogens is 2. The number of carbonyl (C=O) groups is 1. The van der Waals surface area contributed by atoms with Gasteiger partial charge in [0.2, 0.25) is 5.91 Å². The molecule has 2 rings (SSSR count). The molecule has 0 saturated carbocycles. The summed E-state index contributed by atoms with van der Waals surface area (Å²) in [5.74, 6) is 0.847. The Bertz CT molecular complexity index is 846. The van der Waals surface area contributed by atoms with Gasteiger partial charge in [-0.3, -0.25) is 14.2 Å². The number of rotatable bonds is 9. The second-order valence-corrected chi connectivity index (χ2v) is 7.85. The first-order valence-electron chi connectivity index (χ1n) is 9.44. The van der Waals surface area contributed by atoms with Crippen LogP contribution >= 0.6 is 11.8 Å². The Morgan fingerprint density at radius 2 is 2.07 bits per heavy atom. The normalized spacial score (nSPS) is 10.8. The molecule has 6 heteroatoms. The second kappa shape index (κ2) is 10.3. The van der Waals surface area contributed by atoms with Gasteiger partial charge in [-0.1, -0.05) is 48.5 Å². The molecule has 0 unspecified atom stereocenters. The molecule has 0 radical (unpaired) electrons. The van der Waals surface area contributed by atoms with Gasteiger partial charge in [-0.05, 0) is 32.3 Å². The van der Waals surface area contributed by atoms with Crippen LogP contribution in [0.3, 0.4) is 0 Å². The van der Waals surface area contributed by atoms with E-state index in [4.69, 9.17) is 0 Å². The summed E-state index contributed by atoms with van der Waals surface area (Å²) >= 11 is 1.53. The van der Waals surface area contributed by atoms with Crippen LogP contribution in [0.15, 0.2) is 34.2 Å². The molecule has 27 heavy (non-hydrogen) atoms. The molecular weight excluding hydrogens is 358 g/mol. The average molecular weight is 388 g/mol. The summed E-state index contributed by atoms with van der Waals surface area (Å²) in [5, 5.41) is 3.58. The minimum atomic E-state index is 0.00666. The third-order valence-corrected chi connectivity index (χ3v) is 5.48. The van der Waals surface area contributed by atoms with E-state index >= 15 is 0 Å². The molecule has 1 amide bonds. The van der Waals surface area contributed by atoms with Crippen LogP contribution in [0, 0.1) is 13.8 Å². The van der Waals surface area contributed by atoms with Crippen LogP contribution in [0.1, 0.15) is 48.6 Å². The molecule has 0 aliphatic rings. The van der Waals surface area contributed by atoms with Crippen molar-refractivity contribution in [2.75, 3.05) is 12.3 Å². The van der Waals surface area contributed by atoms with E-state index in [1.54, 1.807) is 11.6 Å². The van der Waals surface area contributed by atoms with Crippen LogP contribution in [0.4, 0.5) is 0 Å². The summed E-state index contributed by atoms with van der Waals surface area (Å²) in [6, 6.07) is 8.21. The highest BCUT2D eigenvalue weighted by Crippen LogP contribution is 2.18. The molecule has 5 nitrogen and oxygen atoms in total. The number of carbonyl (C=O) groups excluding carboxylic acids is 1. The number of hydrogen-bond donors (Lipinski definition) is 1. The maximum Gasteiger partial charge on any atom is 0.257 e. The molecule has 0 atom stereocenters. The minimum Gasteiger partial charge on any atom is -0.356 e. The number of nitrogens with one attached hydrogen (secondary N) is 1. The molecule has 0 aliphatic heterocycles. The zero-order valence-corrected chi connectivity index (χ0v) is 17.5. The first-order valence-corrected chi connectivity index (χ1v) is 10.4. The van der Waals surface area contributed by atoms with Crippen molar-refractivity contribution in [3.05, 3.63) is 57.0 Å². The Balaban J connectivity index is 2.01. The molecule has 0 spiro atoms. The maximum atomic E-state index is 12.8. The van der Waals surface area contributed by atoms with E-state index in [0.717, 1.165) is 42.0 Å². The zero-order valence-electron chi connectivity index (χ0n) is 16.7. The van der Waals surface area contributed by atoms with Gasteiger partial charge in [-0.2, -0.15) is 0 Å². The molecule has 0 fully saturated rings. The Labute approximate surface area is 165 Å². The largest absolute Gasteiger partial charge is 0.356 e. The predicted molar refractivity (Wildman–Crippen MR) is 111 cm³/mol. The van der Waals surface area contributed by atoms with Crippen LogP contribution in [0.5, 0.6) is 0 Å². The molecule has 0 aliphatic carbocycles. The molecule has 0 saturated heterocycles. The molecular formula is C21H29N3O2S. The molecule has 1 aromatic carbocycles. The smallest absolute Gasteiger partial charge is 0.257 e. The number of aryl methyl sites for hydroxylation is 2. The van der Waals surface area contributed by atoms with Crippen LogP contribution in [-0.2, 0) is 18.3 Å². The van der Waals surface area contributed by atoms with Gasteiger partial charge in [-0.15, -0.1) is 0 Å². The maximum absolute atomic E-state index is 12.8. The third-order valence-electron chi connectivity index (χ3n) is 4.36. The first kappa shape index (κ1) is 21.2. The summed E-state index contributed by atoms with van der Waals surface area (Å²) in [4.78, 5) is 29.1. The fourth-order valence-corrected chi connectivity index (χ4v) is 3.79. The number of thioether (sulfide) groups is 1. The quantitative estimate of drug-likeness (QED) is 0.407. The minimum absolute atomic E-state index is 0.00666. The van der Waals surface area contributed by atoms with E-state index < -0.39 is 0 Å². The summed E-state index contributed by atoms with van der Waals surface area (Å²) < 4.78 is 1.62. The van der Waals surface area contributed by atoms with Crippen LogP contribution in [-0.4, -0.2) is 27.8 Å². The average Bonchev–Trinajstić information content (AvgIpc) is 2.64. The highest BCUT2D eigenvalue weighted by molar-refractivity contribution is 7.99. The number of amides is 1. The number of nitrogens with zero attached hydrogens (tertiary/aromatic N) is 2. The van der Waals surface area contributed by atoms with Crippen molar-refractivity contribution in [3.8, 4) is 0 Å². The third kappa shape index (κ3) is 6.24. The van der Waals surface area contributed by atoms with Crippen LogP contribution in [0.25, 0.3) is 0 Å². The van der Waals surface area contributed by atoms with Gasteiger partial charge < -0.3 is 5.32 Å².